The Bertz CT molecular complexity index is 412. The highest BCUT2D eigenvalue weighted by molar-refractivity contribution is 5.49. The molecule has 0 amide bonds. The predicted octanol–water partition coefficient (Wildman–Crippen LogP) is 3.23. The Morgan fingerprint density at radius 2 is 2.05 bits per heavy atom. The second kappa shape index (κ2) is 5.91. The van der Waals surface area contributed by atoms with Crippen molar-refractivity contribution < 1.29 is 0 Å². The minimum Gasteiger partial charge on any atom is -0.356 e. The van der Waals surface area contributed by atoms with Gasteiger partial charge in [0.1, 0.15) is 5.82 Å². The molecule has 1 aromatic heterocycles. The zero-order chi connectivity index (χ0) is 13.1. The van der Waals surface area contributed by atoms with Crippen LogP contribution in [0.1, 0.15) is 50.6 Å². The molecule has 104 valence electrons. The predicted molar refractivity (Wildman–Crippen MR) is 79.5 cm³/mol. The molecule has 2 fully saturated rings. The van der Waals surface area contributed by atoms with E-state index in [1.54, 1.807) is 0 Å². The van der Waals surface area contributed by atoms with Gasteiger partial charge in [-0.05, 0) is 51.3 Å². The first-order chi connectivity index (χ1) is 9.40. The summed E-state index contributed by atoms with van der Waals surface area (Å²) in [6, 6.07) is 5.01. The Labute approximate surface area is 116 Å². The van der Waals surface area contributed by atoms with Gasteiger partial charge >= 0.3 is 0 Å². The molecule has 2 aliphatic heterocycles. The highest BCUT2D eigenvalue weighted by Gasteiger charge is 2.29. The third kappa shape index (κ3) is 2.62. The van der Waals surface area contributed by atoms with Crippen molar-refractivity contribution in [3.8, 4) is 0 Å². The first-order valence-electron chi connectivity index (χ1n) is 7.84. The lowest BCUT2D eigenvalue weighted by atomic mass is 10.0. The lowest BCUT2D eigenvalue weighted by Gasteiger charge is -2.28. The molecule has 0 aromatic carbocycles. The van der Waals surface area contributed by atoms with Gasteiger partial charge in [0.2, 0.25) is 0 Å². The van der Waals surface area contributed by atoms with Crippen molar-refractivity contribution in [2.45, 2.75) is 45.1 Å². The summed E-state index contributed by atoms with van der Waals surface area (Å²) in [7, 11) is 0. The highest BCUT2D eigenvalue weighted by Crippen LogP contribution is 2.36. The summed E-state index contributed by atoms with van der Waals surface area (Å²) in [6.45, 7) is 7.13. The Morgan fingerprint density at radius 1 is 1.21 bits per heavy atom. The minimum atomic E-state index is 0.601. The van der Waals surface area contributed by atoms with Crippen molar-refractivity contribution in [3.05, 3.63) is 23.9 Å². The maximum Gasteiger partial charge on any atom is 0.133 e. The van der Waals surface area contributed by atoms with Gasteiger partial charge in [-0.2, -0.15) is 0 Å². The van der Waals surface area contributed by atoms with Crippen LogP contribution in [0.3, 0.4) is 0 Å². The fourth-order valence-corrected chi connectivity index (χ4v) is 3.60. The molecule has 2 saturated heterocycles. The molecule has 0 N–H and O–H groups in total. The molecular weight excluding hydrogens is 234 g/mol. The average molecular weight is 259 g/mol. The number of rotatable bonds is 4. The largest absolute Gasteiger partial charge is 0.356 e. The summed E-state index contributed by atoms with van der Waals surface area (Å²) in [5.74, 6) is 1.26. The molecule has 1 atom stereocenters. The van der Waals surface area contributed by atoms with Gasteiger partial charge in [-0.25, -0.2) is 4.98 Å². The third-order valence-electron chi connectivity index (χ3n) is 4.46. The molecule has 0 spiro atoms. The molecule has 3 rings (SSSR count). The van der Waals surface area contributed by atoms with Crippen molar-refractivity contribution >= 4 is 5.82 Å². The number of pyridine rings is 1. The van der Waals surface area contributed by atoms with E-state index in [-0.39, 0.29) is 0 Å². The first-order valence-corrected chi connectivity index (χ1v) is 7.84. The van der Waals surface area contributed by atoms with Gasteiger partial charge in [0.25, 0.3) is 0 Å². The van der Waals surface area contributed by atoms with Crippen LogP contribution in [-0.2, 0) is 0 Å². The first kappa shape index (κ1) is 12.9. The maximum absolute atomic E-state index is 4.70. The lowest BCUT2D eigenvalue weighted by Crippen LogP contribution is -2.27. The molecule has 0 radical (unpaired) electrons. The van der Waals surface area contributed by atoms with E-state index in [0.717, 1.165) is 0 Å². The number of hydrogen-bond donors (Lipinski definition) is 0. The fraction of sp³-hybridized carbons (Fsp3) is 0.688. The van der Waals surface area contributed by atoms with Gasteiger partial charge in [-0.1, -0.05) is 13.0 Å². The van der Waals surface area contributed by atoms with Gasteiger partial charge in [0, 0.05) is 30.9 Å². The fourth-order valence-electron chi connectivity index (χ4n) is 3.60. The smallest absolute Gasteiger partial charge is 0.133 e. The Morgan fingerprint density at radius 3 is 2.84 bits per heavy atom. The van der Waals surface area contributed by atoms with Gasteiger partial charge in [0.05, 0.1) is 0 Å². The van der Waals surface area contributed by atoms with E-state index < -0.39 is 0 Å². The van der Waals surface area contributed by atoms with Crippen molar-refractivity contribution in [3.63, 3.8) is 0 Å². The normalized spacial score (nSPS) is 24.3. The van der Waals surface area contributed by atoms with Gasteiger partial charge in [-0.3, -0.25) is 4.90 Å². The zero-order valence-corrected chi connectivity index (χ0v) is 12.0. The summed E-state index contributed by atoms with van der Waals surface area (Å²) in [5, 5.41) is 0. The number of nitrogens with zero attached hydrogens (tertiary/aromatic N) is 3. The minimum absolute atomic E-state index is 0.601. The maximum atomic E-state index is 4.70. The molecule has 0 aliphatic carbocycles. The lowest BCUT2D eigenvalue weighted by molar-refractivity contribution is 0.258. The van der Waals surface area contributed by atoms with Crippen LogP contribution in [-0.4, -0.2) is 36.1 Å². The molecule has 19 heavy (non-hydrogen) atoms. The molecule has 3 nitrogen and oxygen atoms in total. The Kier molecular flexibility index (Phi) is 4.02. The second-order valence-electron chi connectivity index (χ2n) is 5.80. The summed E-state index contributed by atoms with van der Waals surface area (Å²) in [5.41, 5.74) is 1.47. The van der Waals surface area contributed by atoms with Crippen molar-refractivity contribution in [2.75, 3.05) is 31.1 Å². The average Bonchev–Trinajstić information content (AvgIpc) is 3.10. The quantitative estimate of drug-likeness (QED) is 0.827. The molecule has 3 heterocycles. The molecular formula is C16H25N3. The van der Waals surface area contributed by atoms with Gasteiger partial charge < -0.3 is 4.90 Å². The van der Waals surface area contributed by atoms with Crippen LogP contribution in [0.5, 0.6) is 0 Å². The topological polar surface area (TPSA) is 19.4 Å². The van der Waals surface area contributed by atoms with E-state index in [4.69, 9.17) is 4.98 Å². The van der Waals surface area contributed by atoms with E-state index in [1.807, 2.05) is 6.20 Å². The summed E-state index contributed by atoms with van der Waals surface area (Å²) < 4.78 is 0. The van der Waals surface area contributed by atoms with Gasteiger partial charge in [0.15, 0.2) is 0 Å². The zero-order valence-electron chi connectivity index (χ0n) is 12.0. The molecule has 2 aliphatic rings. The van der Waals surface area contributed by atoms with Crippen molar-refractivity contribution in [1.29, 1.82) is 0 Å². The number of hydrogen-bond acceptors (Lipinski definition) is 3. The number of aromatic nitrogens is 1. The molecule has 1 unspecified atom stereocenters. The van der Waals surface area contributed by atoms with Crippen LogP contribution < -0.4 is 4.90 Å². The summed E-state index contributed by atoms with van der Waals surface area (Å²) in [6.07, 6.45) is 8.47. The monoisotopic (exact) mass is 259 g/mol. The van der Waals surface area contributed by atoms with Crippen molar-refractivity contribution in [2.24, 2.45) is 0 Å². The van der Waals surface area contributed by atoms with Crippen LogP contribution in [0.4, 0.5) is 5.82 Å². The van der Waals surface area contributed by atoms with Crippen LogP contribution >= 0.6 is 0 Å². The van der Waals surface area contributed by atoms with E-state index in [2.05, 4.69) is 28.9 Å². The standard InChI is InChI=1S/C16H25N3/c1-2-10-18-13-6-8-15(18)14-7-5-9-17-16(14)19-11-3-4-12-19/h5,7,9,15H,2-4,6,8,10-13H2,1H3. The van der Waals surface area contributed by atoms with Crippen LogP contribution in [0.2, 0.25) is 0 Å². The van der Waals surface area contributed by atoms with Gasteiger partial charge in [-0.15, -0.1) is 0 Å². The van der Waals surface area contributed by atoms with E-state index in [1.165, 1.54) is 69.7 Å². The Balaban J connectivity index is 1.86. The number of anilines is 1. The Hall–Kier alpha value is -1.09. The van der Waals surface area contributed by atoms with E-state index in [9.17, 15) is 0 Å². The third-order valence-corrected chi connectivity index (χ3v) is 4.46. The molecule has 0 saturated carbocycles. The van der Waals surface area contributed by atoms with E-state index >= 15 is 0 Å². The van der Waals surface area contributed by atoms with Crippen LogP contribution in [0.25, 0.3) is 0 Å². The summed E-state index contributed by atoms with van der Waals surface area (Å²) in [4.78, 5) is 9.83. The molecule has 0 bridgehead atoms. The van der Waals surface area contributed by atoms with Crippen LogP contribution in [0, 0.1) is 0 Å². The van der Waals surface area contributed by atoms with Crippen LogP contribution in [0.15, 0.2) is 18.3 Å². The molecule has 3 heteroatoms. The summed E-state index contributed by atoms with van der Waals surface area (Å²) >= 11 is 0. The second-order valence-corrected chi connectivity index (χ2v) is 5.80. The SMILES string of the molecule is CCCN1CCCC1c1cccnc1N1CCCC1. The molecule has 1 aromatic rings. The van der Waals surface area contributed by atoms with Crippen molar-refractivity contribution in [1.82, 2.24) is 9.88 Å². The highest BCUT2D eigenvalue weighted by atomic mass is 15.2. The van der Waals surface area contributed by atoms with E-state index in [0.29, 0.717) is 6.04 Å². The number of likely N-dealkylation sites (tertiary alicyclic amines) is 1.